The zero-order valence-corrected chi connectivity index (χ0v) is 12.4. The van der Waals surface area contributed by atoms with Crippen LogP contribution in [0, 0.1) is 0 Å². The summed E-state index contributed by atoms with van der Waals surface area (Å²) in [5, 5.41) is 6.22. The smallest absolute Gasteiger partial charge is 0.189 e. The van der Waals surface area contributed by atoms with Crippen LogP contribution >= 0.6 is 27.3 Å². The van der Waals surface area contributed by atoms with Gasteiger partial charge >= 0.3 is 0 Å². The van der Waals surface area contributed by atoms with Crippen molar-refractivity contribution in [1.29, 1.82) is 0 Å². The molecule has 1 aliphatic carbocycles. The monoisotopic (exact) mass is 324 g/mol. The SMILES string of the molecule is Cn1ncc(Br)c1C(=O)C1CCCc2sccc21. The first-order valence-electron chi connectivity index (χ1n) is 5.96. The Morgan fingerprint density at radius 2 is 2.44 bits per heavy atom. The van der Waals surface area contributed by atoms with Gasteiger partial charge in [-0.1, -0.05) is 0 Å². The summed E-state index contributed by atoms with van der Waals surface area (Å²) in [6.07, 6.45) is 4.84. The van der Waals surface area contributed by atoms with Gasteiger partial charge in [-0.2, -0.15) is 5.10 Å². The van der Waals surface area contributed by atoms with E-state index in [4.69, 9.17) is 0 Å². The van der Waals surface area contributed by atoms with E-state index in [1.165, 1.54) is 10.4 Å². The van der Waals surface area contributed by atoms with E-state index in [1.807, 2.05) is 7.05 Å². The molecule has 0 amide bonds. The molecule has 0 fully saturated rings. The third-order valence-electron chi connectivity index (χ3n) is 3.50. The third-order valence-corrected chi connectivity index (χ3v) is 5.07. The lowest BCUT2D eigenvalue weighted by molar-refractivity contribution is 0.0941. The Hall–Kier alpha value is -0.940. The Morgan fingerprint density at radius 3 is 3.17 bits per heavy atom. The fourth-order valence-corrected chi connectivity index (χ4v) is 4.14. The average molecular weight is 325 g/mol. The van der Waals surface area contributed by atoms with Crippen LogP contribution in [0.15, 0.2) is 22.1 Å². The van der Waals surface area contributed by atoms with Gasteiger partial charge in [-0.15, -0.1) is 11.3 Å². The van der Waals surface area contributed by atoms with Gasteiger partial charge in [0.15, 0.2) is 5.78 Å². The number of aryl methyl sites for hydroxylation is 2. The number of Topliss-reactive ketones (excluding diaryl/α,β-unsaturated/α-hetero) is 1. The van der Waals surface area contributed by atoms with Crippen LogP contribution in [0.5, 0.6) is 0 Å². The average Bonchev–Trinajstić information content (AvgIpc) is 2.95. The molecule has 0 saturated heterocycles. The number of fused-ring (bicyclic) bond motifs is 1. The fourth-order valence-electron chi connectivity index (χ4n) is 2.61. The van der Waals surface area contributed by atoms with E-state index in [9.17, 15) is 4.79 Å². The maximum atomic E-state index is 12.7. The van der Waals surface area contributed by atoms with Crippen molar-refractivity contribution < 1.29 is 4.79 Å². The van der Waals surface area contributed by atoms with Gasteiger partial charge in [0.2, 0.25) is 0 Å². The van der Waals surface area contributed by atoms with Gasteiger partial charge in [-0.25, -0.2) is 0 Å². The van der Waals surface area contributed by atoms with Crippen molar-refractivity contribution >= 4 is 33.0 Å². The zero-order valence-electron chi connectivity index (χ0n) is 10.0. The maximum absolute atomic E-state index is 12.7. The first kappa shape index (κ1) is 12.1. The van der Waals surface area contributed by atoms with Crippen molar-refractivity contribution in [2.45, 2.75) is 25.2 Å². The normalized spacial score (nSPS) is 18.7. The molecule has 1 atom stereocenters. The van der Waals surface area contributed by atoms with Crippen molar-refractivity contribution in [2.24, 2.45) is 7.05 Å². The summed E-state index contributed by atoms with van der Waals surface area (Å²) < 4.78 is 2.45. The van der Waals surface area contributed by atoms with E-state index in [-0.39, 0.29) is 11.7 Å². The van der Waals surface area contributed by atoms with Crippen LogP contribution in [-0.4, -0.2) is 15.6 Å². The molecule has 3 rings (SSSR count). The highest BCUT2D eigenvalue weighted by Gasteiger charge is 2.30. The molecule has 2 aromatic heterocycles. The number of nitrogens with zero attached hydrogens (tertiary/aromatic N) is 2. The molecular formula is C13H13BrN2OS. The highest BCUT2D eigenvalue weighted by molar-refractivity contribution is 9.10. The van der Waals surface area contributed by atoms with Crippen LogP contribution in [0.25, 0.3) is 0 Å². The van der Waals surface area contributed by atoms with Crippen molar-refractivity contribution in [2.75, 3.05) is 0 Å². The van der Waals surface area contributed by atoms with Gasteiger partial charge in [-0.3, -0.25) is 9.48 Å². The summed E-state index contributed by atoms with van der Waals surface area (Å²) in [4.78, 5) is 14.1. The molecule has 2 aromatic rings. The van der Waals surface area contributed by atoms with Crippen LogP contribution in [0.2, 0.25) is 0 Å². The Bertz CT molecular complexity index is 582. The number of hydrogen-bond acceptors (Lipinski definition) is 3. The summed E-state index contributed by atoms with van der Waals surface area (Å²) in [5.74, 6) is 0.188. The van der Waals surface area contributed by atoms with Crippen LogP contribution < -0.4 is 0 Å². The first-order chi connectivity index (χ1) is 8.68. The molecule has 2 heterocycles. The maximum Gasteiger partial charge on any atom is 0.189 e. The topological polar surface area (TPSA) is 34.9 Å². The van der Waals surface area contributed by atoms with E-state index in [2.05, 4.69) is 32.5 Å². The lowest BCUT2D eigenvalue weighted by Crippen LogP contribution is -2.20. The van der Waals surface area contributed by atoms with Gasteiger partial charge < -0.3 is 0 Å². The molecular weight excluding hydrogens is 312 g/mol. The minimum absolute atomic E-state index is 0.00620. The summed E-state index contributed by atoms with van der Waals surface area (Å²) in [5.41, 5.74) is 1.91. The Balaban J connectivity index is 2.01. The third kappa shape index (κ3) is 1.86. The predicted octanol–water partition coefficient (Wildman–Crippen LogP) is 3.55. The van der Waals surface area contributed by atoms with Crippen LogP contribution in [0.3, 0.4) is 0 Å². The molecule has 0 aliphatic heterocycles. The summed E-state index contributed by atoms with van der Waals surface area (Å²) in [6, 6.07) is 2.10. The number of halogens is 1. The van der Waals surface area contributed by atoms with Crippen LogP contribution in [-0.2, 0) is 13.5 Å². The molecule has 5 heteroatoms. The Labute approximate surface area is 118 Å². The predicted molar refractivity (Wildman–Crippen MR) is 75.2 cm³/mol. The van der Waals surface area contributed by atoms with E-state index in [0.717, 1.165) is 23.7 Å². The molecule has 0 aromatic carbocycles. The minimum Gasteiger partial charge on any atom is -0.292 e. The first-order valence-corrected chi connectivity index (χ1v) is 7.63. The molecule has 0 bridgehead atoms. The van der Waals surface area contributed by atoms with Gasteiger partial charge in [0.05, 0.1) is 16.6 Å². The lowest BCUT2D eigenvalue weighted by atomic mass is 9.84. The Morgan fingerprint density at radius 1 is 1.61 bits per heavy atom. The highest BCUT2D eigenvalue weighted by Crippen LogP contribution is 2.37. The molecule has 94 valence electrons. The van der Waals surface area contributed by atoms with Crippen LogP contribution in [0.1, 0.15) is 39.7 Å². The van der Waals surface area contributed by atoms with E-state index in [1.54, 1.807) is 22.2 Å². The van der Waals surface area contributed by atoms with Gasteiger partial charge in [-0.05, 0) is 52.2 Å². The number of aromatic nitrogens is 2. The van der Waals surface area contributed by atoms with Gasteiger partial charge in [0.1, 0.15) is 5.69 Å². The summed E-state index contributed by atoms with van der Waals surface area (Å²) in [7, 11) is 1.81. The number of thiophene rings is 1. The van der Waals surface area contributed by atoms with Crippen molar-refractivity contribution in [3.8, 4) is 0 Å². The van der Waals surface area contributed by atoms with E-state index < -0.39 is 0 Å². The molecule has 1 aliphatic rings. The fraction of sp³-hybridized carbons (Fsp3) is 0.385. The molecule has 1 unspecified atom stereocenters. The minimum atomic E-state index is 0.00620. The van der Waals surface area contributed by atoms with Crippen LogP contribution in [0.4, 0.5) is 0 Å². The van der Waals surface area contributed by atoms with E-state index >= 15 is 0 Å². The zero-order chi connectivity index (χ0) is 12.7. The molecule has 3 nitrogen and oxygen atoms in total. The largest absolute Gasteiger partial charge is 0.292 e. The molecule has 0 spiro atoms. The highest BCUT2D eigenvalue weighted by atomic mass is 79.9. The van der Waals surface area contributed by atoms with Crippen molar-refractivity contribution in [3.63, 3.8) is 0 Å². The Kier molecular flexibility index (Phi) is 3.11. The van der Waals surface area contributed by atoms with Gasteiger partial charge in [0, 0.05) is 11.9 Å². The second kappa shape index (κ2) is 4.63. The van der Waals surface area contributed by atoms with Crippen molar-refractivity contribution in [1.82, 2.24) is 9.78 Å². The lowest BCUT2D eigenvalue weighted by Gasteiger charge is -2.21. The van der Waals surface area contributed by atoms with Gasteiger partial charge in [0.25, 0.3) is 0 Å². The van der Waals surface area contributed by atoms with Crippen molar-refractivity contribution in [3.05, 3.63) is 38.3 Å². The number of carbonyl (C=O) groups is 1. The van der Waals surface area contributed by atoms with E-state index in [0.29, 0.717) is 5.69 Å². The standard InChI is InChI=1S/C13H13BrN2OS/c1-16-12(10(14)7-15-16)13(17)9-3-2-4-11-8(9)5-6-18-11/h5-7,9H,2-4H2,1H3. The second-order valence-corrected chi connectivity index (χ2v) is 6.43. The number of rotatable bonds is 2. The quantitative estimate of drug-likeness (QED) is 0.792. The number of carbonyl (C=O) groups excluding carboxylic acids is 1. The number of ketones is 1. The molecule has 18 heavy (non-hydrogen) atoms. The summed E-state index contributed by atoms with van der Waals surface area (Å²) in [6.45, 7) is 0. The summed E-state index contributed by atoms with van der Waals surface area (Å²) >= 11 is 5.18. The molecule has 0 N–H and O–H groups in total. The molecule has 0 radical (unpaired) electrons. The molecule has 0 saturated carbocycles. The number of hydrogen-bond donors (Lipinski definition) is 0. The second-order valence-electron chi connectivity index (χ2n) is 4.57.